The average Bonchev–Trinajstić information content (AvgIpc) is 3.28. The number of rotatable bonds is 3. The molecule has 142 valence electrons. The number of aromatic nitrogens is 1. The summed E-state index contributed by atoms with van der Waals surface area (Å²) in [5.74, 6) is -0.190. The molecule has 1 N–H and O–H groups in total. The number of carbonyl (C=O) groups excluding carboxylic acids is 2. The van der Waals surface area contributed by atoms with Crippen molar-refractivity contribution in [1.29, 1.82) is 0 Å². The quantitative estimate of drug-likeness (QED) is 0.734. The summed E-state index contributed by atoms with van der Waals surface area (Å²) < 4.78 is 5.34. The molecule has 1 atom stereocenters. The van der Waals surface area contributed by atoms with E-state index in [0.717, 1.165) is 5.56 Å². The van der Waals surface area contributed by atoms with Gasteiger partial charge in [0, 0.05) is 24.7 Å². The fourth-order valence-corrected chi connectivity index (χ4v) is 3.82. The van der Waals surface area contributed by atoms with Crippen LogP contribution in [0.4, 0.5) is 5.69 Å². The summed E-state index contributed by atoms with van der Waals surface area (Å²) in [5, 5.41) is 7.19. The number of likely N-dealkylation sites (N-methyl/N-ethyl adjacent to an activating group) is 1. The number of carbonyl (C=O) groups is 2. The lowest BCUT2D eigenvalue weighted by atomic mass is 10.0. The lowest BCUT2D eigenvalue weighted by Crippen LogP contribution is -2.47. The number of halogens is 1. The van der Waals surface area contributed by atoms with Crippen LogP contribution in [-0.4, -0.2) is 30.1 Å². The Morgan fingerprint density at radius 3 is 2.64 bits per heavy atom. The molecule has 3 aromatic rings. The summed E-state index contributed by atoms with van der Waals surface area (Å²) in [4.78, 5) is 27.6. The molecule has 0 aliphatic carbocycles. The number of fused-ring (bicyclic) bond motifs is 1. The summed E-state index contributed by atoms with van der Waals surface area (Å²) >= 11 is 6.32. The smallest absolute Gasteiger partial charge is 0.264 e. The molecule has 0 radical (unpaired) electrons. The largest absolute Gasteiger partial charge is 0.360 e. The van der Waals surface area contributed by atoms with Crippen LogP contribution in [-0.2, 0) is 11.2 Å². The molecule has 0 spiro atoms. The van der Waals surface area contributed by atoms with Crippen molar-refractivity contribution in [2.24, 2.45) is 0 Å². The number of hydrogen-bond acceptors (Lipinski definition) is 4. The van der Waals surface area contributed by atoms with Gasteiger partial charge in [-0.2, -0.15) is 0 Å². The molecular weight excluding hydrogens is 378 g/mol. The second kappa shape index (κ2) is 7.13. The van der Waals surface area contributed by atoms with E-state index in [0.29, 0.717) is 39.7 Å². The molecule has 2 amide bonds. The Bertz CT molecular complexity index is 1080. The van der Waals surface area contributed by atoms with Crippen LogP contribution < -0.4 is 10.2 Å². The summed E-state index contributed by atoms with van der Waals surface area (Å²) in [5.41, 5.74) is 2.94. The van der Waals surface area contributed by atoms with Crippen molar-refractivity contribution in [3.63, 3.8) is 0 Å². The number of anilines is 1. The van der Waals surface area contributed by atoms with Crippen molar-refractivity contribution in [3.05, 3.63) is 70.4 Å². The zero-order valence-corrected chi connectivity index (χ0v) is 16.2. The van der Waals surface area contributed by atoms with E-state index in [1.54, 1.807) is 32.2 Å². The molecule has 2 aromatic carbocycles. The van der Waals surface area contributed by atoms with E-state index in [1.165, 1.54) is 4.90 Å². The highest BCUT2D eigenvalue weighted by atomic mass is 35.5. The molecule has 2 heterocycles. The van der Waals surface area contributed by atoms with Crippen molar-refractivity contribution >= 4 is 29.1 Å². The number of nitrogens with zero attached hydrogens (tertiary/aromatic N) is 2. The van der Waals surface area contributed by atoms with E-state index in [-0.39, 0.29) is 11.8 Å². The molecule has 0 fully saturated rings. The highest BCUT2D eigenvalue weighted by Crippen LogP contribution is 2.37. The van der Waals surface area contributed by atoms with Crippen molar-refractivity contribution in [1.82, 2.24) is 10.5 Å². The maximum Gasteiger partial charge on any atom is 0.264 e. The predicted octanol–water partition coefficient (Wildman–Crippen LogP) is 3.62. The normalized spacial score (nSPS) is 15.4. The van der Waals surface area contributed by atoms with E-state index in [2.05, 4.69) is 10.5 Å². The molecule has 1 aliphatic rings. The minimum Gasteiger partial charge on any atom is -0.360 e. The van der Waals surface area contributed by atoms with Gasteiger partial charge in [-0.25, -0.2) is 0 Å². The zero-order chi connectivity index (χ0) is 19.8. The van der Waals surface area contributed by atoms with E-state index >= 15 is 0 Å². The van der Waals surface area contributed by atoms with Gasteiger partial charge in [0.2, 0.25) is 5.91 Å². The molecule has 0 saturated heterocycles. The molecule has 0 bridgehead atoms. The van der Waals surface area contributed by atoms with E-state index < -0.39 is 6.04 Å². The Morgan fingerprint density at radius 1 is 1.18 bits per heavy atom. The van der Waals surface area contributed by atoms with Crippen LogP contribution >= 0.6 is 11.6 Å². The average molecular weight is 396 g/mol. The van der Waals surface area contributed by atoms with Crippen LogP contribution in [0.2, 0.25) is 5.02 Å². The van der Waals surface area contributed by atoms with Gasteiger partial charge in [-0.3, -0.25) is 14.5 Å². The first kappa shape index (κ1) is 18.3. The van der Waals surface area contributed by atoms with Crippen LogP contribution in [0.3, 0.4) is 0 Å². The zero-order valence-electron chi connectivity index (χ0n) is 15.4. The van der Waals surface area contributed by atoms with Gasteiger partial charge in [-0.1, -0.05) is 53.2 Å². The van der Waals surface area contributed by atoms with Gasteiger partial charge in [0.1, 0.15) is 23.1 Å². The minimum atomic E-state index is -0.636. The first-order chi connectivity index (χ1) is 13.5. The number of aryl methyl sites for hydroxylation is 1. The molecule has 1 aliphatic heterocycles. The van der Waals surface area contributed by atoms with E-state index in [9.17, 15) is 9.59 Å². The maximum absolute atomic E-state index is 13.6. The first-order valence-electron chi connectivity index (χ1n) is 8.87. The van der Waals surface area contributed by atoms with Crippen LogP contribution in [0.25, 0.3) is 11.3 Å². The second-order valence-electron chi connectivity index (χ2n) is 6.58. The standard InChI is InChI=1S/C21H18ClN3O3/c1-12-18(19(24-28-12)14-8-4-5-9-15(14)22)21(27)25-16-10-6-3-7-13(16)11-17(25)20(26)23-2/h3-10,17H,11H2,1-2H3,(H,23,26)/t17-/m0/s1. The molecule has 6 nitrogen and oxygen atoms in total. The summed E-state index contributed by atoms with van der Waals surface area (Å²) in [6.07, 6.45) is 0.452. The van der Waals surface area contributed by atoms with Gasteiger partial charge in [0.25, 0.3) is 5.91 Å². The highest BCUT2D eigenvalue weighted by Gasteiger charge is 2.40. The van der Waals surface area contributed by atoms with Crippen LogP contribution in [0.1, 0.15) is 21.7 Å². The molecule has 0 unspecified atom stereocenters. The third kappa shape index (κ3) is 2.86. The van der Waals surface area contributed by atoms with Crippen LogP contribution in [0.15, 0.2) is 53.1 Å². The Balaban J connectivity index is 1.84. The Morgan fingerprint density at radius 2 is 1.89 bits per heavy atom. The molecule has 7 heteroatoms. The molecular formula is C21H18ClN3O3. The third-order valence-electron chi connectivity index (χ3n) is 4.95. The monoisotopic (exact) mass is 395 g/mol. The molecule has 28 heavy (non-hydrogen) atoms. The topological polar surface area (TPSA) is 75.4 Å². The number of hydrogen-bond donors (Lipinski definition) is 1. The SMILES string of the molecule is CNC(=O)[C@@H]1Cc2ccccc2N1C(=O)c1c(-c2ccccc2Cl)noc1C. The van der Waals surface area contributed by atoms with Crippen LogP contribution in [0.5, 0.6) is 0 Å². The number of nitrogens with one attached hydrogen (secondary N) is 1. The van der Waals surface area contributed by atoms with Crippen molar-refractivity contribution < 1.29 is 14.1 Å². The number of para-hydroxylation sites is 1. The first-order valence-corrected chi connectivity index (χ1v) is 9.25. The molecule has 0 saturated carbocycles. The van der Waals surface area contributed by atoms with Gasteiger partial charge in [-0.05, 0) is 24.6 Å². The predicted molar refractivity (Wildman–Crippen MR) is 106 cm³/mol. The molecule has 1 aromatic heterocycles. The fraction of sp³-hybridized carbons (Fsp3) is 0.190. The van der Waals surface area contributed by atoms with Gasteiger partial charge >= 0.3 is 0 Å². The Labute approximate surface area is 167 Å². The summed E-state index contributed by atoms with van der Waals surface area (Å²) in [6, 6.07) is 14.0. The second-order valence-corrected chi connectivity index (χ2v) is 6.99. The molecule has 4 rings (SSSR count). The minimum absolute atomic E-state index is 0.224. The Kier molecular flexibility index (Phi) is 4.65. The van der Waals surface area contributed by atoms with E-state index in [1.807, 2.05) is 30.3 Å². The number of amides is 2. The van der Waals surface area contributed by atoms with Crippen molar-refractivity contribution in [2.75, 3.05) is 11.9 Å². The summed E-state index contributed by atoms with van der Waals surface area (Å²) in [6.45, 7) is 1.68. The number of benzene rings is 2. The van der Waals surface area contributed by atoms with Gasteiger partial charge in [-0.15, -0.1) is 0 Å². The maximum atomic E-state index is 13.6. The lowest BCUT2D eigenvalue weighted by Gasteiger charge is -2.24. The van der Waals surface area contributed by atoms with Crippen LogP contribution in [0, 0.1) is 6.92 Å². The van der Waals surface area contributed by atoms with Gasteiger partial charge in [0.05, 0.1) is 5.02 Å². The third-order valence-corrected chi connectivity index (χ3v) is 5.28. The van der Waals surface area contributed by atoms with Crippen molar-refractivity contribution in [3.8, 4) is 11.3 Å². The summed E-state index contributed by atoms with van der Waals surface area (Å²) in [7, 11) is 1.56. The highest BCUT2D eigenvalue weighted by molar-refractivity contribution is 6.33. The van der Waals surface area contributed by atoms with E-state index in [4.69, 9.17) is 16.1 Å². The Hall–Kier alpha value is -3.12. The lowest BCUT2D eigenvalue weighted by molar-refractivity contribution is -0.121. The van der Waals surface area contributed by atoms with Crippen molar-refractivity contribution in [2.45, 2.75) is 19.4 Å². The fourth-order valence-electron chi connectivity index (χ4n) is 3.59. The van der Waals surface area contributed by atoms with Gasteiger partial charge in [0.15, 0.2) is 0 Å². The van der Waals surface area contributed by atoms with Gasteiger partial charge < -0.3 is 9.84 Å².